The number of amides is 2. The van der Waals surface area contributed by atoms with Gasteiger partial charge in [0.15, 0.2) is 0 Å². The van der Waals surface area contributed by atoms with Crippen molar-refractivity contribution in [2.45, 2.75) is 6.42 Å². The Hall–Kier alpha value is -3.93. The number of hydrogen-bond acceptors (Lipinski definition) is 3. The first-order valence-corrected chi connectivity index (χ1v) is 9.62. The molecule has 4 rings (SSSR count). The van der Waals surface area contributed by atoms with Gasteiger partial charge in [-0.3, -0.25) is 9.78 Å². The van der Waals surface area contributed by atoms with Gasteiger partial charge in [-0.25, -0.2) is 4.79 Å². The minimum atomic E-state index is -0.749. The lowest BCUT2D eigenvalue weighted by molar-refractivity contribution is -0.138. The molecule has 3 aromatic rings. The topological polar surface area (TPSA) is 91.3 Å². The van der Waals surface area contributed by atoms with E-state index in [-0.39, 0.29) is 17.9 Å². The molecule has 2 aromatic carbocycles. The number of rotatable bonds is 6. The van der Waals surface area contributed by atoms with Crippen LogP contribution in [-0.2, 0) is 4.79 Å². The molecule has 1 aromatic heterocycles. The summed E-state index contributed by atoms with van der Waals surface area (Å²) in [6.07, 6.45) is 3.88. The second kappa shape index (κ2) is 8.21. The lowest BCUT2D eigenvalue weighted by atomic mass is 9.98. The van der Waals surface area contributed by atoms with Crippen LogP contribution in [0.5, 0.6) is 0 Å². The van der Waals surface area contributed by atoms with Crippen molar-refractivity contribution in [3.05, 3.63) is 85.2 Å². The van der Waals surface area contributed by atoms with Crippen LogP contribution >= 0.6 is 0 Å². The smallest absolute Gasteiger partial charge is 0.323 e. The molecule has 0 bridgehead atoms. The van der Waals surface area contributed by atoms with Gasteiger partial charge in [0.25, 0.3) is 0 Å². The maximum Gasteiger partial charge on any atom is 0.323 e. The third-order valence-corrected chi connectivity index (χ3v) is 5.21. The molecule has 150 valence electrons. The Morgan fingerprint density at radius 1 is 0.900 bits per heavy atom. The maximum absolute atomic E-state index is 12.1. The first-order valence-electron chi connectivity index (χ1n) is 9.62. The molecular formula is C24H21N3O3. The number of hydrogen-bond donors (Lipinski definition) is 3. The van der Waals surface area contributed by atoms with Crippen molar-refractivity contribution < 1.29 is 14.7 Å². The number of carbonyl (C=O) groups excluding carboxylic acids is 1. The fourth-order valence-corrected chi connectivity index (χ4v) is 3.42. The van der Waals surface area contributed by atoms with E-state index in [0.717, 1.165) is 22.3 Å². The van der Waals surface area contributed by atoms with Crippen LogP contribution in [-0.4, -0.2) is 22.1 Å². The van der Waals surface area contributed by atoms with Crippen LogP contribution in [0, 0.1) is 11.8 Å². The molecule has 1 aliphatic rings. The minimum Gasteiger partial charge on any atom is -0.481 e. The Bertz CT molecular complexity index is 1080. The lowest BCUT2D eigenvalue weighted by Gasteiger charge is -2.09. The average Bonchev–Trinajstić information content (AvgIpc) is 3.56. The Labute approximate surface area is 174 Å². The van der Waals surface area contributed by atoms with Crippen LogP contribution in [0.4, 0.5) is 16.2 Å². The first kappa shape index (κ1) is 19.4. The molecule has 0 saturated heterocycles. The van der Waals surface area contributed by atoms with Gasteiger partial charge < -0.3 is 15.7 Å². The number of allylic oxidation sites excluding steroid dienone is 1. The molecule has 6 nitrogen and oxygen atoms in total. The van der Waals surface area contributed by atoms with Crippen molar-refractivity contribution in [1.82, 2.24) is 4.98 Å². The van der Waals surface area contributed by atoms with Gasteiger partial charge in [-0.15, -0.1) is 0 Å². The van der Waals surface area contributed by atoms with E-state index in [1.165, 1.54) is 0 Å². The van der Waals surface area contributed by atoms with Crippen molar-refractivity contribution in [2.75, 3.05) is 10.6 Å². The standard InChI is InChI=1S/C24H21N3O3/c1-15(21-13-22(21)23(28)29)16-4-6-17(7-5-16)18-8-10-19(11-9-18)26-24(30)27-20-3-2-12-25-14-20/h2-12,14,21-22H,1,13H2,(H,28,29)(H2,26,27,30)/t21-,22+/m0/s1. The van der Waals surface area contributed by atoms with Crippen molar-refractivity contribution in [1.29, 1.82) is 0 Å². The van der Waals surface area contributed by atoms with E-state index in [1.807, 2.05) is 48.5 Å². The fourth-order valence-electron chi connectivity index (χ4n) is 3.42. The molecule has 1 fully saturated rings. The number of aromatic nitrogens is 1. The quantitative estimate of drug-likeness (QED) is 0.536. The van der Waals surface area contributed by atoms with Gasteiger partial charge in [0.1, 0.15) is 0 Å². The number of urea groups is 1. The highest BCUT2D eigenvalue weighted by Gasteiger charge is 2.44. The van der Waals surface area contributed by atoms with Crippen LogP contribution < -0.4 is 10.6 Å². The second-order valence-corrected chi connectivity index (χ2v) is 7.29. The van der Waals surface area contributed by atoms with Gasteiger partial charge in [-0.1, -0.05) is 43.0 Å². The third-order valence-electron chi connectivity index (χ3n) is 5.21. The molecule has 30 heavy (non-hydrogen) atoms. The Kier molecular flexibility index (Phi) is 5.30. The van der Waals surface area contributed by atoms with Gasteiger partial charge >= 0.3 is 12.0 Å². The molecule has 0 aliphatic heterocycles. The van der Waals surface area contributed by atoms with Gasteiger partial charge in [-0.05, 0) is 58.9 Å². The Morgan fingerprint density at radius 3 is 2.10 bits per heavy atom. The van der Waals surface area contributed by atoms with E-state index < -0.39 is 5.97 Å². The third kappa shape index (κ3) is 4.38. The number of carboxylic acids is 1. The van der Waals surface area contributed by atoms with Crippen molar-refractivity contribution in [3.8, 4) is 11.1 Å². The van der Waals surface area contributed by atoms with Gasteiger partial charge in [-0.2, -0.15) is 0 Å². The van der Waals surface area contributed by atoms with Crippen LogP contribution in [0.2, 0.25) is 0 Å². The van der Waals surface area contributed by atoms with E-state index in [0.29, 0.717) is 17.8 Å². The predicted molar refractivity (Wildman–Crippen MR) is 117 cm³/mol. The Morgan fingerprint density at radius 2 is 1.53 bits per heavy atom. The first-order chi connectivity index (χ1) is 14.5. The van der Waals surface area contributed by atoms with Crippen molar-refractivity contribution in [2.24, 2.45) is 11.8 Å². The molecule has 2 amide bonds. The maximum atomic E-state index is 12.1. The summed E-state index contributed by atoms with van der Waals surface area (Å²) in [5.41, 5.74) is 5.20. The summed E-state index contributed by atoms with van der Waals surface area (Å²) in [6, 6.07) is 18.7. The minimum absolute atomic E-state index is 0.0384. The normalized spacial score (nSPS) is 17.1. The van der Waals surface area contributed by atoms with E-state index in [9.17, 15) is 9.59 Å². The summed E-state index contributed by atoms with van der Waals surface area (Å²) in [6.45, 7) is 4.08. The lowest BCUT2D eigenvalue weighted by Crippen LogP contribution is -2.19. The fraction of sp³-hybridized carbons (Fsp3) is 0.125. The van der Waals surface area contributed by atoms with Crippen molar-refractivity contribution >= 4 is 28.9 Å². The molecule has 1 heterocycles. The van der Waals surface area contributed by atoms with E-state index >= 15 is 0 Å². The largest absolute Gasteiger partial charge is 0.481 e. The number of nitrogens with one attached hydrogen (secondary N) is 2. The SMILES string of the molecule is C=C(c1ccc(-c2ccc(NC(=O)Nc3cccnc3)cc2)cc1)[C@@H]1C[C@H]1C(=O)O. The zero-order chi connectivity index (χ0) is 21.1. The summed E-state index contributed by atoms with van der Waals surface area (Å²) in [5.74, 6) is -1.01. The summed E-state index contributed by atoms with van der Waals surface area (Å²) >= 11 is 0. The molecule has 1 aliphatic carbocycles. The van der Waals surface area contributed by atoms with Crippen molar-refractivity contribution in [3.63, 3.8) is 0 Å². The molecule has 0 radical (unpaired) electrons. The summed E-state index contributed by atoms with van der Waals surface area (Å²) in [7, 11) is 0. The van der Waals surface area contributed by atoms with E-state index in [1.54, 1.807) is 24.5 Å². The molecule has 0 unspecified atom stereocenters. The molecule has 2 atom stereocenters. The summed E-state index contributed by atoms with van der Waals surface area (Å²) in [5, 5.41) is 14.6. The summed E-state index contributed by atoms with van der Waals surface area (Å²) in [4.78, 5) is 27.1. The number of nitrogens with zero attached hydrogens (tertiary/aromatic N) is 1. The molecule has 3 N–H and O–H groups in total. The van der Waals surface area contributed by atoms with Gasteiger partial charge in [0.05, 0.1) is 17.8 Å². The highest BCUT2D eigenvalue weighted by Crippen LogP contribution is 2.47. The monoisotopic (exact) mass is 399 g/mol. The zero-order valence-electron chi connectivity index (χ0n) is 16.2. The molecule has 1 saturated carbocycles. The number of carboxylic acid groups (broad SMARTS) is 1. The van der Waals surface area contributed by atoms with Crippen LogP contribution in [0.25, 0.3) is 16.7 Å². The molecule has 0 spiro atoms. The molecular weight excluding hydrogens is 378 g/mol. The Balaban J connectivity index is 1.37. The molecule has 6 heteroatoms. The number of carbonyl (C=O) groups is 2. The number of aliphatic carboxylic acids is 1. The van der Waals surface area contributed by atoms with Crippen LogP contribution in [0.15, 0.2) is 79.6 Å². The number of benzene rings is 2. The van der Waals surface area contributed by atoms with Crippen LogP contribution in [0.1, 0.15) is 12.0 Å². The van der Waals surface area contributed by atoms with E-state index in [4.69, 9.17) is 5.11 Å². The van der Waals surface area contributed by atoms with Crippen LogP contribution in [0.3, 0.4) is 0 Å². The highest BCUT2D eigenvalue weighted by atomic mass is 16.4. The number of pyridine rings is 1. The highest BCUT2D eigenvalue weighted by molar-refractivity contribution is 5.99. The summed E-state index contributed by atoms with van der Waals surface area (Å²) < 4.78 is 0. The van der Waals surface area contributed by atoms with Gasteiger partial charge in [0.2, 0.25) is 0 Å². The number of anilines is 2. The van der Waals surface area contributed by atoms with Gasteiger partial charge in [0, 0.05) is 11.9 Å². The van der Waals surface area contributed by atoms with E-state index in [2.05, 4.69) is 22.2 Å². The predicted octanol–water partition coefficient (Wildman–Crippen LogP) is 5.13. The zero-order valence-corrected chi connectivity index (χ0v) is 16.2. The average molecular weight is 399 g/mol. The second-order valence-electron chi connectivity index (χ2n) is 7.29.